The summed E-state index contributed by atoms with van der Waals surface area (Å²) in [7, 11) is 1.67. The Balaban J connectivity index is 2.41. The van der Waals surface area contributed by atoms with Gasteiger partial charge in [0, 0.05) is 18.3 Å². The van der Waals surface area contributed by atoms with E-state index in [-0.39, 0.29) is 18.0 Å². The number of hydrogen-bond donors (Lipinski definition) is 2. The summed E-state index contributed by atoms with van der Waals surface area (Å²) in [5.74, 6) is -0.0107. The maximum absolute atomic E-state index is 11.6. The summed E-state index contributed by atoms with van der Waals surface area (Å²) in [6.45, 7) is 6.77. The molecule has 0 bridgehead atoms. The number of nitrogens with one attached hydrogen (secondary N) is 2. The van der Waals surface area contributed by atoms with Gasteiger partial charge in [0.15, 0.2) is 0 Å². The molecular weight excluding hydrogens is 228 g/mol. The first kappa shape index (κ1) is 14.5. The molecule has 1 amide bonds. The summed E-state index contributed by atoms with van der Waals surface area (Å²) in [6, 6.07) is 7.85. The lowest BCUT2D eigenvalue weighted by molar-refractivity contribution is -0.120. The van der Waals surface area contributed by atoms with Crippen LogP contribution in [-0.4, -0.2) is 25.1 Å². The van der Waals surface area contributed by atoms with Gasteiger partial charge in [0.25, 0.3) is 0 Å². The fourth-order valence-electron chi connectivity index (χ4n) is 1.53. The van der Waals surface area contributed by atoms with Crippen LogP contribution in [0.4, 0.5) is 5.69 Å². The Morgan fingerprint density at radius 2 is 1.83 bits per heavy atom. The number of benzene rings is 1. The molecule has 4 nitrogen and oxygen atoms in total. The second-order valence-corrected chi connectivity index (χ2v) is 5.28. The van der Waals surface area contributed by atoms with Crippen LogP contribution < -0.4 is 10.6 Å². The maximum Gasteiger partial charge on any atom is 0.239 e. The largest absolute Gasteiger partial charge is 0.380 e. The van der Waals surface area contributed by atoms with Gasteiger partial charge in [-0.25, -0.2) is 0 Å². The Hall–Kier alpha value is -1.55. The maximum atomic E-state index is 11.6. The molecule has 0 heterocycles. The van der Waals surface area contributed by atoms with Crippen molar-refractivity contribution in [2.45, 2.75) is 32.9 Å². The molecule has 1 rings (SSSR count). The predicted molar refractivity (Wildman–Crippen MR) is 73.5 cm³/mol. The Morgan fingerprint density at radius 1 is 1.22 bits per heavy atom. The van der Waals surface area contributed by atoms with E-state index in [0.717, 1.165) is 11.3 Å². The molecule has 1 aromatic rings. The smallest absolute Gasteiger partial charge is 0.239 e. The zero-order chi connectivity index (χ0) is 13.6. The summed E-state index contributed by atoms with van der Waals surface area (Å²) >= 11 is 0. The third kappa shape index (κ3) is 5.68. The van der Waals surface area contributed by atoms with E-state index < -0.39 is 0 Å². The lowest BCUT2D eigenvalue weighted by Gasteiger charge is -2.20. The summed E-state index contributed by atoms with van der Waals surface area (Å²) in [6.07, 6.45) is 0. The number of carbonyl (C=O) groups excluding carboxylic acids is 1. The molecule has 1 aromatic carbocycles. The van der Waals surface area contributed by atoms with Crippen molar-refractivity contribution < 1.29 is 9.53 Å². The number of ether oxygens (including phenoxy) is 1. The molecular formula is C14H22N2O2. The molecule has 0 aromatic heterocycles. The molecule has 0 radical (unpaired) electrons. The molecule has 0 aliphatic rings. The van der Waals surface area contributed by atoms with Gasteiger partial charge in [-0.3, -0.25) is 4.79 Å². The Morgan fingerprint density at radius 3 is 2.33 bits per heavy atom. The van der Waals surface area contributed by atoms with E-state index in [1.54, 1.807) is 7.11 Å². The monoisotopic (exact) mass is 250 g/mol. The molecule has 0 aliphatic carbocycles. The van der Waals surface area contributed by atoms with Gasteiger partial charge in [-0.2, -0.15) is 0 Å². The summed E-state index contributed by atoms with van der Waals surface area (Å²) in [4.78, 5) is 11.6. The van der Waals surface area contributed by atoms with Crippen LogP contribution in [0.5, 0.6) is 0 Å². The molecule has 2 N–H and O–H groups in total. The van der Waals surface area contributed by atoms with Gasteiger partial charge >= 0.3 is 0 Å². The molecule has 0 saturated heterocycles. The van der Waals surface area contributed by atoms with Crippen molar-refractivity contribution in [1.29, 1.82) is 0 Å². The minimum atomic E-state index is -0.193. The van der Waals surface area contributed by atoms with Crippen LogP contribution in [0.1, 0.15) is 26.3 Å². The molecule has 100 valence electrons. The summed E-state index contributed by atoms with van der Waals surface area (Å²) in [5, 5.41) is 5.98. The molecule has 0 atom stereocenters. The van der Waals surface area contributed by atoms with Crippen molar-refractivity contribution in [3.8, 4) is 0 Å². The quantitative estimate of drug-likeness (QED) is 0.842. The van der Waals surface area contributed by atoms with Crippen LogP contribution in [0.15, 0.2) is 24.3 Å². The second kappa shape index (κ2) is 6.40. The highest BCUT2D eigenvalue weighted by Gasteiger charge is 2.12. The lowest BCUT2D eigenvalue weighted by Crippen LogP contribution is -2.43. The summed E-state index contributed by atoms with van der Waals surface area (Å²) < 4.78 is 5.04. The highest BCUT2D eigenvalue weighted by atomic mass is 16.5. The number of methoxy groups -OCH3 is 1. The van der Waals surface area contributed by atoms with E-state index in [1.807, 2.05) is 45.0 Å². The standard InChI is InChI=1S/C14H22N2O2/c1-14(2,3)16-13(17)9-15-12-7-5-11(6-8-12)10-18-4/h5-8,15H,9-10H2,1-4H3,(H,16,17). The fraction of sp³-hybridized carbons (Fsp3) is 0.500. The number of hydrogen-bond acceptors (Lipinski definition) is 3. The SMILES string of the molecule is COCc1ccc(NCC(=O)NC(C)(C)C)cc1. The van der Waals surface area contributed by atoms with Crippen molar-refractivity contribution in [2.24, 2.45) is 0 Å². The van der Waals surface area contributed by atoms with Gasteiger partial charge in [0.1, 0.15) is 0 Å². The fourth-order valence-corrected chi connectivity index (χ4v) is 1.53. The first-order valence-corrected chi connectivity index (χ1v) is 6.03. The molecule has 0 fully saturated rings. The van der Waals surface area contributed by atoms with E-state index >= 15 is 0 Å². The van der Waals surface area contributed by atoms with Crippen LogP contribution in [0, 0.1) is 0 Å². The van der Waals surface area contributed by atoms with Gasteiger partial charge in [-0.15, -0.1) is 0 Å². The molecule has 0 spiro atoms. The number of carbonyl (C=O) groups is 1. The minimum absolute atomic E-state index is 0.0107. The third-order valence-electron chi connectivity index (χ3n) is 2.23. The van der Waals surface area contributed by atoms with E-state index in [4.69, 9.17) is 4.74 Å². The zero-order valence-corrected chi connectivity index (χ0v) is 11.5. The first-order valence-electron chi connectivity index (χ1n) is 6.03. The van der Waals surface area contributed by atoms with Crippen LogP contribution in [-0.2, 0) is 16.1 Å². The Labute approximate surface area is 109 Å². The number of amides is 1. The zero-order valence-electron chi connectivity index (χ0n) is 11.5. The van der Waals surface area contributed by atoms with Crippen molar-refractivity contribution in [3.63, 3.8) is 0 Å². The van der Waals surface area contributed by atoms with E-state index in [9.17, 15) is 4.79 Å². The average Bonchev–Trinajstić information content (AvgIpc) is 2.26. The van der Waals surface area contributed by atoms with Crippen LogP contribution >= 0.6 is 0 Å². The van der Waals surface area contributed by atoms with Gasteiger partial charge in [-0.05, 0) is 38.5 Å². The van der Waals surface area contributed by atoms with Gasteiger partial charge in [-0.1, -0.05) is 12.1 Å². The van der Waals surface area contributed by atoms with Crippen molar-refractivity contribution >= 4 is 11.6 Å². The highest BCUT2D eigenvalue weighted by molar-refractivity contribution is 5.81. The first-order chi connectivity index (χ1) is 8.40. The predicted octanol–water partition coefficient (Wildman–Crippen LogP) is 2.16. The van der Waals surface area contributed by atoms with Gasteiger partial charge < -0.3 is 15.4 Å². The van der Waals surface area contributed by atoms with Gasteiger partial charge in [0.2, 0.25) is 5.91 Å². The Kier molecular flexibility index (Phi) is 5.16. The van der Waals surface area contributed by atoms with Crippen LogP contribution in [0.25, 0.3) is 0 Å². The highest BCUT2D eigenvalue weighted by Crippen LogP contribution is 2.09. The lowest BCUT2D eigenvalue weighted by atomic mass is 10.1. The Bertz CT molecular complexity index is 380. The normalized spacial score (nSPS) is 11.1. The summed E-state index contributed by atoms with van der Waals surface area (Å²) in [5.41, 5.74) is 1.85. The van der Waals surface area contributed by atoms with Crippen molar-refractivity contribution in [2.75, 3.05) is 19.0 Å². The van der Waals surface area contributed by atoms with Crippen LogP contribution in [0.3, 0.4) is 0 Å². The van der Waals surface area contributed by atoms with E-state index in [0.29, 0.717) is 6.61 Å². The van der Waals surface area contributed by atoms with Crippen molar-refractivity contribution in [3.05, 3.63) is 29.8 Å². The molecule has 0 unspecified atom stereocenters. The van der Waals surface area contributed by atoms with Crippen molar-refractivity contribution in [1.82, 2.24) is 5.32 Å². The molecule has 0 saturated carbocycles. The topological polar surface area (TPSA) is 50.4 Å². The minimum Gasteiger partial charge on any atom is -0.380 e. The average molecular weight is 250 g/mol. The van der Waals surface area contributed by atoms with E-state index in [2.05, 4.69) is 10.6 Å². The van der Waals surface area contributed by atoms with E-state index in [1.165, 1.54) is 0 Å². The second-order valence-electron chi connectivity index (χ2n) is 5.28. The number of rotatable bonds is 5. The van der Waals surface area contributed by atoms with Crippen LogP contribution in [0.2, 0.25) is 0 Å². The molecule has 18 heavy (non-hydrogen) atoms. The number of anilines is 1. The third-order valence-corrected chi connectivity index (χ3v) is 2.23. The van der Waals surface area contributed by atoms with Gasteiger partial charge in [0.05, 0.1) is 13.2 Å². The molecule has 0 aliphatic heterocycles. The molecule has 4 heteroatoms.